The molecule has 1 aliphatic rings. The van der Waals surface area contributed by atoms with E-state index in [9.17, 15) is 18.3 Å². The first-order valence-corrected chi connectivity index (χ1v) is 7.18. The van der Waals surface area contributed by atoms with Crippen molar-refractivity contribution >= 4 is 52.3 Å². The van der Waals surface area contributed by atoms with Gasteiger partial charge in [0.1, 0.15) is 11.8 Å². The third-order valence-electron chi connectivity index (χ3n) is 3.21. The Morgan fingerprint density at radius 3 is 2.27 bits per heavy atom. The van der Waals surface area contributed by atoms with E-state index in [0.717, 1.165) is 0 Å². The Bertz CT molecular complexity index is 499. The molecular formula is C12H15BrCl3F3N2O. The van der Waals surface area contributed by atoms with Crippen molar-refractivity contribution in [1.82, 2.24) is 10.2 Å². The zero-order chi connectivity index (χ0) is 14.9. The van der Waals surface area contributed by atoms with E-state index >= 15 is 0 Å². The number of nitrogens with one attached hydrogen (secondary N) is 1. The van der Waals surface area contributed by atoms with Crippen LogP contribution < -0.4 is 5.32 Å². The molecule has 1 aromatic carbocycles. The van der Waals surface area contributed by atoms with Gasteiger partial charge in [-0.2, -0.15) is 13.2 Å². The summed E-state index contributed by atoms with van der Waals surface area (Å²) in [4.78, 5) is 1.30. The Balaban J connectivity index is 0.00000220. The average Bonchev–Trinajstić information content (AvgIpc) is 2.39. The Kier molecular flexibility index (Phi) is 8.83. The van der Waals surface area contributed by atoms with Crippen LogP contribution in [0, 0.1) is 0 Å². The number of alkyl halides is 3. The standard InChI is InChI=1S/C12H13BrClF3N2O.2ClH/c13-7-1-2-8(14)10(20)9(7)11(12(15,16)17)19-5-3-18-4-6-19;;/h1-2,11,18,20H,3-6H2;2*1H/t11-;;/m0../s1. The van der Waals surface area contributed by atoms with E-state index in [0.29, 0.717) is 13.1 Å². The van der Waals surface area contributed by atoms with Crippen LogP contribution in [0.5, 0.6) is 5.75 Å². The van der Waals surface area contributed by atoms with Crippen LogP contribution >= 0.6 is 52.3 Å². The number of hydrogen-bond donors (Lipinski definition) is 2. The molecule has 1 aliphatic heterocycles. The number of piperazine rings is 1. The monoisotopic (exact) mass is 444 g/mol. The fourth-order valence-corrected chi connectivity index (χ4v) is 3.01. The molecule has 0 bridgehead atoms. The summed E-state index contributed by atoms with van der Waals surface area (Å²) in [7, 11) is 0. The summed E-state index contributed by atoms with van der Waals surface area (Å²) in [6.45, 7) is 1.46. The van der Waals surface area contributed by atoms with Crippen molar-refractivity contribution in [2.45, 2.75) is 12.2 Å². The largest absolute Gasteiger partial charge is 0.506 e. The highest BCUT2D eigenvalue weighted by atomic mass is 79.9. The predicted molar refractivity (Wildman–Crippen MR) is 88.6 cm³/mol. The molecular weight excluding hydrogens is 431 g/mol. The van der Waals surface area contributed by atoms with E-state index in [1.807, 2.05) is 0 Å². The third-order valence-corrected chi connectivity index (χ3v) is 4.21. The maximum atomic E-state index is 13.4. The van der Waals surface area contributed by atoms with E-state index in [1.54, 1.807) is 0 Å². The molecule has 0 radical (unpaired) electrons. The fraction of sp³-hybridized carbons (Fsp3) is 0.500. The summed E-state index contributed by atoms with van der Waals surface area (Å²) in [5.74, 6) is -0.526. The number of hydrogen-bond acceptors (Lipinski definition) is 3. The van der Waals surface area contributed by atoms with Gasteiger partial charge < -0.3 is 10.4 Å². The summed E-state index contributed by atoms with van der Waals surface area (Å²) in [6.07, 6.45) is -4.50. The average molecular weight is 447 g/mol. The van der Waals surface area contributed by atoms with E-state index < -0.39 is 18.0 Å². The fourth-order valence-electron chi connectivity index (χ4n) is 2.31. The lowest BCUT2D eigenvalue weighted by Gasteiger charge is -2.36. The molecule has 10 heteroatoms. The zero-order valence-electron chi connectivity index (χ0n) is 11.2. The Hall–Kier alpha value is 0.0800. The lowest BCUT2D eigenvalue weighted by molar-refractivity contribution is -0.188. The van der Waals surface area contributed by atoms with Crippen LogP contribution in [0.15, 0.2) is 16.6 Å². The van der Waals surface area contributed by atoms with Crippen LogP contribution in [0.1, 0.15) is 11.6 Å². The number of phenolic OH excluding ortho intramolecular Hbond substituents is 1. The molecule has 0 amide bonds. The van der Waals surface area contributed by atoms with Gasteiger partial charge in [0.25, 0.3) is 0 Å². The van der Waals surface area contributed by atoms with E-state index in [1.165, 1.54) is 17.0 Å². The van der Waals surface area contributed by atoms with Gasteiger partial charge in [-0.25, -0.2) is 0 Å². The zero-order valence-corrected chi connectivity index (χ0v) is 15.1. The molecule has 128 valence electrons. The molecule has 1 fully saturated rings. The van der Waals surface area contributed by atoms with Gasteiger partial charge in [0.15, 0.2) is 0 Å². The van der Waals surface area contributed by atoms with Crippen LogP contribution in [0.2, 0.25) is 5.02 Å². The summed E-state index contributed by atoms with van der Waals surface area (Å²) in [5, 5.41) is 12.9. The minimum atomic E-state index is -4.50. The molecule has 1 atom stereocenters. The lowest BCUT2D eigenvalue weighted by atomic mass is 10.0. The van der Waals surface area contributed by atoms with Crippen molar-refractivity contribution in [1.29, 1.82) is 0 Å². The molecule has 0 aromatic heterocycles. The molecule has 1 heterocycles. The van der Waals surface area contributed by atoms with Crippen molar-refractivity contribution < 1.29 is 18.3 Å². The van der Waals surface area contributed by atoms with Gasteiger partial charge in [-0.15, -0.1) is 24.8 Å². The van der Waals surface area contributed by atoms with Crippen LogP contribution in [-0.2, 0) is 0 Å². The highest BCUT2D eigenvalue weighted by Crippen LogP contribution is 2.46. The maximum absolute atomic E-state index is 13.4. The van der Waals surface area contributed by atoms with Gasteiger partial charge in [-0.05, 0) is 12.1 Å². The molecule has 0 spiro atoms. The number of phenols is 1. The summed E-state index contributed by atoms with van der Waals surface area (Å²) in [5.41, 5.74) is -0.230. The number of rotatable bonds is 2. The molecule has 0 saturated carbocycles. The molecule has 2 N–H and O–H groups in total. The smallest absolute Gasteiger partial charge is 0.408 e. The first-order chi connectivity index (χ1) is 9.32. The number of benzene rings is 1. The van der Waals surface area contributed by atoms with Gasteiger partial charge >= 0.3 is 6.18 Å². The highest BCUT2D eigenvalue weighted by molar-refractivity contribution is 9.10. The summed E-state index contributed by atoms with van der Waals surface area (Å²) in [6, 6.07) is 0.895. The normalized spacial score (nSPS) is 17.3. The first kappa shape index (κ1) is 22.1. The molecule has 3 nitrogen and oxygen atoms in total. The quantitative estimate of drug-likeness (QED) is 0.716. The molecule has 0 unspecified atom stereocenters. The summed E-state index contributed by atoms with van der Waals surface area (Å²) >= 11 is 8.83. The molecule has 2 rings (SSSR count). The first-order valence-electron chi connectivity index (χ1n) is 6.00. The van der Waals surface area contributed by atoms with Crippen molar-refractivity contribution in [3.8, 4) is 5.75 Å². The maximum Gasteiger partial charge on any atom is 0.408 e. The second-order valence-corrected chi connectivity index (χ2v) is 5.78. The van der Waals surface area contributed by atoms with Gasteiger partial charge in [-0.3, -0.25) is 4.90 Å². The number of halogens is 7. The Morgan fingerprint density at radius 2 is 1.77 bits per heavy atom. The Morgan fingerprint density at radius 1 is 1.23 bits per heavy atom. The van der Waals surface area contributed by atoms with Gasteiger partial charge in [0, 0.05) is 36.2 Å². The second kappa shape index (κ2) is 8.80. The second-order valence-electron chi connectivity index (χ2n) is 4.52. The van der Waals surface area contributed by atoms with E-state index in [4.69, 9.17) is 11.6 Å². The van der Waals surface area contributed by atoms with Crippen molar-refractivity contribution in [2.24, 2.45) is 0 Å². The number of aromatic hydroxyl groups is 1. The van der Waals surface area contributed by atoms with Crippen molar-refractivity contribution in [3.05, 3.63) is 27.2 Å². The molecule has 1 aromatic rings. The number of nitrogens with zero attached hydrogens (tertiary/aromatic N) is 1. The molecule has 22 heavy (non-hydrogen) atoms. The van der Waals surface area contributed by atoms with E-state index in [-0.39, 0.29) is 53.0 Å². The van der Waals surface area contributed by atoms with Gasteiger partial charge in [0.2, 0.25) is 0 Å². The van der Waals surface area contributed by atoms with E-state index in [2.05, 4.69) is 21.2 Å². The minimum Gasteiger partial charge on any atom is -0.506 e. The third kappa shape index (κ3) is 4.79. The SMILES string of the molecule is Cl.Cl.Oc1c(Cl)ccc(Br)c1[C@H](N1CCNCC1)C(F)(F)F. The topological polar surface area (TPSA) is 35.5 Å². The van der Waals surface area contributed by atoms with Gasteiger partial charge in [0.05, 0.1) is 5.02 Å². The summed E-state index contributed by atoms with van der Waals surface area (Å²) < 4.78 is 40.5. The lowest BCUT2D eigenvalue weighted by Crippen LogP contribution is -2.49. The van der Waals surface area contributed by atoms with Crippen molar-refractivity contribution in [2.75, 3.05) is 26.2 Å². The molecule has 0 aliphatic carbocycles. The minimum absolute atomic E-state index is 0. The van der Waals surface area contributed by atoms with Crippen LogP contribution in [0.3, 0.4) is 0 Å². The Labute approximate surface area is 152 Å². The van der Waals surface area contributed by atoms with Crippen LogP contribution in [0.25, 0.3) is 0 Å². The molecule has 1 saturated heterocycles. The van der Waals surface area contributed by atoms with Crippen molar-refractivity contribution in [3.63, 3.8) is 0 Å². The van der Waals surface area contributed by atoms with Gasteiger partial charge in [-0.1, -0.05) is 27.5 Å². The van der Waals surface area contributed by atoms with Crippen LogP contribution in [-0.4, -0.2) is 42.4 Å². The predicted octanol–water partition coefficient (Wildman–Crippen LogP) is 4.16. The highest BCUT2D eigenvalue weighted by Gasteiger charge is 2.47. The van der Waals surface area contributed by atoms with Crippen LogP contribution in [0.4, 0.5) is 13.2 Å².